The average Bonchev–Trinajstić information content (AvgIpc) is 2.98. The van der Waals surface area contributed by atoms with Gasteiger partial charge >= 0.3 is 0 Å². The van der Waals surface area contributed by atoms with Crippen LogP contribution in [0.3, 0.4) is 0 Å². The van der Waals surface area contributed by atoms with Crippen LogP contribution >= 0.6 is 63.7 Å². The number of rotatable bonds is 5. The molecule has 0 radical (unpaired) electrons. The predicted molar refractivity (Wildman–Crippen MR) is 97.1 cm³/mol. The van der Waals surface area contributed by atoms with Gasteiger partial charge < -0.3 is 20.6 Å². The van der Waals surface area contributed by atoms with Gasteiger partial charge in [0.1, 0.15) is 11.4 Å². The zero-order valence-corrected chi connectivity index (χ0v) is 17.2. The van der Waals surface area contributed by atoms with Crippen LogP contribution in [0.25, 0.3) is 0 Å². The van der Waals surface area contributed by atoms with Gasteiger partial charge in [0.05, 0.1) is 18.2 Å². The molecule has 0 atom stereocenters. The Morgan fingerprint density at radius 3 is 1.45 bits per heavy atom. The molecule has 0 bridgehead atoms. The van der Waals surface area contributed by atoms with Crippen LogP contribution < -0.4 is 10.6 Å². The van der Waals surface area contributed by atoms with Crippen LogP contribution in [0.2, 0.25) is 0 Å². The second-order valence-corrected chi connectivity index (χ2v) is 7.50. The van der Waals surface area contributed by atoms with E-state index in [1.165, 1.54) is 0 Å². The second-order valence-electron chi connectivity index (χ2n) is 4.20. The number of halogens is 4. The number of carbonyl (C=O) groups is 2. The SMILES string of the molecule is O=C(NCCNC(=O)c1cc(Br)c(Br)[nH]1)c1cc(Br)c(Br)[nH]1. The van der Waals surface area contributed by atoms with E-state index in [0.717, 1.165) is 8.95 Å². The predicted octanol–water partition coefficient (Wildman–Crippen LogP) is 3.55. The first-order valence-corrected chi connectivity index (χ1v) is 9.20. The number of hydrogen-bond donors (Lipinski definition) is 4. The molecule has 2 heterocycles. The summed E-state index contributed by atoms with van der Waals surface area (Å²) in [5, 5.41) is 5.42. The standard InChI is InChI=1S/C12H10Br4N4O2/c13-5-3-7(19-9(5)15)11(21)17-1-2-18-12(22)8-4-6(14)10(16)20-8/h3-4,19-20H,1-2H2,(H,17,21)(H,18,22). The highest BCUT2D eigenvalue weighted by atomic mass is 79.9. The molecule has 0 saturated heterocycles. The van der Waals surface area contributed by atoms with Gasteiger partial charge in [-0.25, -0.2) is 0 Å². The third kappa shape index (κ3) is 4.46. The molecule has 118 valence electrons. The third-order valence-corrected chi connectivity index (χ3v) is 6.20. The highest BCUT2D eigenvalue weighted by Crippen LogP contribution is 2.23. The van der Waals surface area contributed by atoms with Crippen molar-refractivity contribution in [2.24, 2.45) is 0 Å². The van der Waals surface area contributed by atoms with E-state index in [4.69, 9.17) is 0 Å². The van der Waals surface area contributed by atoms with Crippen molar-refractivity contribution in [3.05, 3.63) is 41.7 Å². The molecular weight excluding hydrogens is 552 g/mol. The monoisotopic (exact) mass is 558 g/mol. The molecule has 2 aromatic heterocycles. The van der Waals surface area contributed by atoms with Gasteiger partial charge in [-0.3, -0.25) is 9.59 Å². The van der Waals surface area contributed by atoms with Crippen LogP contribution in [0.5, 0.6) is 0 Å². The summed E-state index contributed by atoms with van der Waals surface area (Å²) in [7, 11) is 0. The topological polar surface area (TPSA) is 89.8 Å². The fraction of sp³-hybridized carbons (Fsp3) is 0.167. The molecule has 6 nitrogen and oxygen atoms in total. The van der Waals surface area contributed by atoms with E-state index < -0.39 is 0 Å². The van der Waals surface area contributed by atoms with Gasteiger partial charge in [-0.1, -0.05) is 0 Å². The van der Waals surface area contributed by atoms with Crippen LogP contribution in [-0.4, -0.2) is 34.9 Å². The molecule has 0 aromatic carbocycles. The number of aromatic nitrogens is 2. The van der Waals surface area contributed by atoms with E-state index in [9.17, 15) is 9.59 Å². The summed E-state index contributed by atoms with van der Waals surface area (Å²) in [4.78, 5) is 29.5. The minimum atomic E-state index is -0.244. The zero-order chi connectivity index (χ0) is 16.3. The minimum Gasteiger partial charge on any atom is -0.349 e. The summed E-state index contributed by atoms with van der Waals surface area (Å²) < 4.78 is 2.95. The molecule has 0 aliphatic carbocycles. The number of H-pyrrole nitrogens is 2. The molecule has 0 fully saturated rings. The van der Waals surface area contributed by atoms with Gasteiger partial charge in [-0.2, -0.15) is 0 Å². The number of nitrogens with one attached hydrogen (secondary N) is 4. The van der Waals surface area contributed by atoms with Crippen LogP contribution in [0, 0.1) is 0 Å². The van der Waals surface area contributed by atoms with Crippen molar-refractivity contribution in [3.8, 4) is 0 Å². The molecule has 10 heteroatoms. The highest BCUT2D eigenvalue weighted by Gasteiger charge is 2.12. The largest absolute Gasteiger partial charge is 0.349 e. The van der Waals surface area contributed by atoms with Crippen LogP contribution in [-0.2, 0) is 0 Å². The molecule has 4 N–H and O–H groups in total. The normalized spacial score (nSPS) is 10.5. The van der Waals surface area contributed by atoms with Crippen molar-refractivity contribution < 1.29 is 9.59 Å². The first-order chi connectivity index (χ1) is 10.4. The Balaban J connectivity index is 1.77. The Kier molecular flexibility index (Phi) is 6.30. The minimum absolute atomic E-state index is 0.244. The number of carbonyl (C=O) groups excluding carboxylic acids is 2. The maximum absolute atomic E-state index is 11.9. The van der Waals surface area contributed by atoms with E-state index in [-0.39, 0.29) is 11.8 Å². The van der Waals surface area contributed by atoms with E-state index in [2.05, 4.69) is 84.3 Å². The van der Waals surface area contributed by atoms with Crippen LogP contribution in [0.4, 0.5) is 0 Å². The van der Waals surface area contributed by atoms with Crippen molar-refractivity contribution in [3.63, 3.8) is 0 Å². The number of hydrogen-bond acceptors (Lipinski definition) is 2. The number of amides is 2. The Labute approximate surface area is 159 Å². The van der Waals surface area contributed by atoms with Crippen molar-refractivity contribution in [1.82, 2.24) is 20.6 Å². The van der Waals surface area contributed by atoms with E-state index in [0.29, 0.717) is 33.7 Å². The van der Waals surface area contributed by atoms with Crippen molar-refractivity contribution in [1.29, 1.82) is 0 Å². The quantitative estimate of drug-likeness (QED) is 0.421. The molecule has 0 aliphatic rings. The molecule has 2 rings (SSSR count). The van der Waals surface area contributed by atoms with Crippen molar-refractivity contribution in [2.45, 2.75) is 0 Å². The van der Waals surface area contributed by atoms with Gasteiger partial charge in [-0.15, -0.1) is 0 Å². The summed E-state index contributed by atoms with van der Waals surface area (Å²) in [6.45, 7) is 0.643. The third-order valence-electron chi connectivity index (χ3n) is 2.64. The smallest absolute Gasteiger partial charge is 0.267 e. The summed E-state index contributed by atoms with van der Waals surface area (Å²) in [6, 6.07) is 3.35. The van der Waals surface area contributed by atoms with Crippen molar-refractivity contribution >= 4 is 75.5 Å². The average molecular weight is 562 g/mol. The first-order valence-electron chi connectivity index (χ1n) is 6.03. The molecule has 0 aliphatic heterocycles. The van der Waals surface area contributed by atoms with E-state index >= 15 is 0 Å². The van der Waals surface area contributed by atoms with Gasteiger partial charge in [-0.05, 0) is 75.9 Å². The summed E-state index contributed by atoms with van der Waals surface area (Å²) in [5.74, 6) is -0.489. The fourth-order valence-corrected chi connectivity index (χ4v) is 2.91. The summed E-state index contributed by atoms with van der Waals surface area (Å²) in [6.07, 6.45) is 0. The maximum atomic E-state index is 11.9. The zero-order valence-electron chi connectivity index (χ0n) is 10.9. The van der Waals surface area contributed by atoms with Crippen molar-refractivity contribution in [2.75, 3.05) is 13.1 Å². The summed E-state index contributed by atoms with van der Waals surface area (Å²) in [5.41, 5.74) is 0.865. The molecule has 22 heavy (non-hydrogen) atoms. The van der Waals surface area contributed by atoms with E-state index in [1.54, 1.807) is 12.1 Å². The Morgan fingerprint density at radius 1 is 0.818 bits per heavy atom. The molecule has 2 aromatic rings. The lowest BCUT2D eigenvalue weighted by Gasteiger charge is -2.05. The van der Waals surface area contributed by atoms with Gasteiger partial charge in [0.25, 0.3) is 11.8 Å². The first kappa shape index (κ1) is 17.8. The molecule has 2 amide bonds. The van der Waals surface area contributed by atoms with Gasteiger partial charge in [0, 0.05) is 13.1 Å². The summed E-state index contributed by atoms with van der Waals surface area (Å²) >= 11 is 13.1. The fourth-order valence-electron chi connectivity index (χ4n) is 1.60. The molecular formula is C12H10Br4N4O2. The number of aromatic amines is 2. The second kappa shape index (κ2) is 7.80. The lowest BCUT2D eigenvalue weighted by Crippen LogP contribution is -2.34. The maximum Gasteiger partial charge on any atom is 0.267 e. The lowest BCUT2D eigenvalue weighted by molar-refractivity contribution is 0.0923. The molecule has 0 spiro atoms. The Morgan fingerprint density at radius 2 is 1.18 bits per heavy atom. The van der Waals surface area contributed by atoms with Gasteiger partial charge in [0.2, 0.25) is 0 Å². The van der Waals surface area contributed by atoms with Gasteiger partial charge in [0.15, 0.2) is 0 Å². The molecule has 0 unspecified atom stereocenters. The van der Waals surface area contributed by atoms with Crippen LogP contribution in [0.1, 0.15) is 21.0 Å². The molecule has 0 saturated carbocycles. The Bertz CT molecular complexity index is 611. The highest BCUT2D eigenvalue weighted by molar-refractivity contribution is 9.13. The lowest BCUT2D eigenvalue weighted by atomic mass is 10.4. The van der Waals surface area contributed by atoms with E-state index in [1.807, 2.05) is 0 Å². The van der Waals surface area contributed by atoms with Crippen LogP contribution in [0.15, 0.2) is 30.3 Å². The Hall–Kier alpha value is -0.580.